The first-order valence-electron chi connectivity index (χ1n) is 22.2. The molecule has 1 aliphatic carbocycles. The average Bonchev–Trinajstić information content (AvgIpc) is 3.18. The molecule has 0 radical (unpaired) electrons. The minimum atomic E-state index is 0.0212. The maximum Gasteiger partial charge on any atom is 0.0316 e. The van der Waals surface area contributed by atoms with Crippen molar-refractivity contribution in [2.45, 2.75) is 174 Å². The van der Waals surface area contributed by atoms with Gasteiger partial charge in [-0.3, -0.25) is 0 Å². The molecule has 2 nitrogen and oxygen atoms in total. The molecular formula is C52H74N2. The molecule has 1 aliphatic rings. The molecule has 4 aromatic carbocycles. The van der Waals surface area contributed by atoms with Crippen molar-refractivity contribution in [3.05, 3.63) is 129 Å². The van der Waals surface area contributed by atoms with Crippen LogP contribution in [0, 0.1) is 19.8 Å². The zero-order valence-corrected chi connectivity index (χ0v) is 34.9. The summed E-state index contributed by atoms with van der Waals surface area (Å²) in [5.41, 5.74) is 25.7. The third kappa shape index (κ3) is 10.4. The highest BCUT2D eigenvalue weighted by atomic mass is 14.5. The molecule has 0 bridgehead atoms. The van der Waals surface area contributed by atoms with Gasteiger partial charge in [0.05, 0.1) is 0 Å². The first-order chi connectivity index (χ1) is 26.3. The number of benzene rings is 4. The van der Waals surface area contributed by atoms with Gasteiger partial charge >= 0.3 is 0 Å². The molecule has 2 unspecified atom stereocenters. The summed E-state index contributed by atoms with van der Waals surface area (Å²) in [6, 6.07) is 33.4. The van der Waals surface area contributed by atoms with E-state index in [0.29, 0.717) is 17.8 Å². The molecule has 0 aromatic heterocycles. The number of nitrogen functional groups attached to an aromatic ring is 2. The fourth-order valence-corrected chi connectivity index (χ4v) is 10.1. The van der Waals surface area contributed by atoms with Crippen LogP contribution >= 0.6 is 0 Å². The molecule has 54 heavy (non-hydrogen) atoms. The lowest BCUT2D eigenvalue weighted by Crippen LogP contribution is -2.38. The minimum absolute atomic E-state index is 0.0212. The smallest absolute Gasteiger partial charge is 0.0316 e. The van der Waals surface area contributed by atoms with Gasteiger partial charge in [-0.05, 0) is 121 Å². The van der Waals surface area contributed by atoms with E-state index in [1.54, 1.807) is 0 Å². The Bertz CT molecular complexity index is 1570. The van der Waals surface area contributed by atoms with Crippen LogP contribution in [0.3, 0.4) is 0 Å². The van der Waals surface area contributed by atoms with Crippen molar-refractivity contribution in [3.63, 3.8) is 0 Å². The van der Waals surface area contributed by atoms with E-state index in [2.05, 4.69) is 120 Å². The maximum atomic E-state index is 6.24. The van der Waals surface area contributed by atoms with Crippen molar-refractivity contribution in [2.75, 3.05) is 11.5 Å². The third-order valence-electron chi connectivity index (χ3n) is 13.2. The number of rotatable bonds is 21. The lowest BCUT2D eigenvalue weighted by molar-refractivity contribution is 0.220. The Kier molecular flexibility index (Phi) is 16.2. The second-order valence-electron chi connectivity index (χ2n) is 17.0. The molecule has 0 aliphatic heterocycles. The van der Waals surface area contributed by atoms with E-state index in [0.717, 1.165) is 11.4 Å². The summed E-state index contributed by atoms with van der Waals surface area (Å²) in [4.78, 5) is 0. The summed E-state index contributed by atoms with van der Waals surface area (Å²) in [6.07, 6.45) is 24.4. The Labute approximate surface area is 330 Å². The first-order valence-corrected chi connectivity index (χ1v) is 22.2. The van der Waals surface area contributed by atoms with E-state index in [-0.39, 0.29) is 5.41 Å². The Morgan fingerprint density at radius 1 is 0.519 bits per heavy atom. The summed E-state index contributed by atoms with van der Waals surface area (Å²) in [5, 5.41) is 0. The first kappa shape index (κ1) is 41.6. The van der Waals surface area contributed by atoms with E-state index in [1.807, 2.05) is 0 Å². The normalized spacial score (nSPS) is 15.9. The molecule has 2 atom stereocenters. The van der Waals surface area contributed by atoms with Crippen LogP contribution in [0.1, 0.15) is 199 Å². The quantitative estimate of drug-likeness (QED) is 0.0663. The van der Waals surface area contributed by atoms with E-state index in [1.165, 1.54) is 167 Å². The zero-order chi connectivity index (χ0) is 38.3. The van der Waals surface area contributed by atoms with Crippen LogP contribution < -0.4 is 11.5 Å². The van der Waals surface area contributed by atoms with Gasteiger partial charge in [0.1, 0.15) is 0 Å². The van der Waals surface area contributed by atoms with Gasteiger partial charge in [-0.2, -0.15) is 0 Å². The monoisotopic (exact) mass is 727 g/mol. The van der Waals surface area contributed by atoms with Crippen LogP contribution in [0.25, 0.3) is 0 Å². The van der Waals surface area contributed by atoms with Crippen LogP contribution in [-0.2, 0) is 5.41 Å². The average molecular weight is 727 g/mol. The molecule has 5 rings (SSSR count). The van der Waals surface area contributed by atoms with E-state index >= 15 is 0 Å². The number of hydrogen-bond acceptors (Lipinski definition) is 2. The van der Waals surface area contributed by atoms with Crippen LogP contribution in [0.4, 0.5) is 11.4 Å². The van der Waals surface area contributed by atoms with Gasteiger partial charge in [0, 0.05) is 28.6 Å². The minimum Gasteiger partial charge on any atom is -0.399 e. The molecule has 4 aromatic rings. The van der Waals surface area contributed by atoms with Crippen molar-refractivity contribution in [2.24, 2.45) is 5.92 Å². The molecule has 1 fully saturated rings. The van der Waals surface area contributed by atoms with Gasteiger partial charge in [-0.25, -0.2) is 0 Å². The van der Waals surface area contributed by atoms with Crippen LogP contribution in [0.2, 0.25) is 0 Å². The zero-order valence-electron chi connectivity index (χ0n) is 34.9. The number of anilines is 2. The van der Waals surface area contributed by atoms with Gasteiger partial charge in [-0.1, -0.05) is 171 Å². The van der Waals surface area contributed by atoms with Gasteiger partial charge in [0.15, 0.2) is 0 Å². The van der Waals surface area contributed by atoms with Crippen LogP contribution in [0.15, 0.2) is 84.9 Å². The van der Waals surface area contributed by atoms with Crippen molar-refractivity contribution < 1.29 is 0 Å². The molecule has 0 saturated heterocycles. The fourth-order valence-electron chi connectivity index (χ4n) is 10.1. The second kappa shape index (κ2) is 21.0. The van der Waals surface area contributed by atoms with Crippen LogP contribution in [0.5, 0.6) is 0 Å². The summed E-state index contributed by atoms with van der Waals surface area (Å²) in [5.74, 6) is 1.45. The molecule has 2 heteroatoms. The van der Waals surface area contributed by atoms with Gasteiger partial charge in [0.25, 0.3) is 0 Å². The molecule has 292 valence electrons. The Hall–Kier alpha value is -3.52. The maximum absolute atomic E-state index is 6.24. The molecular weight excluding hydrogens is 653 g/mol. The fraction of sp³-hybridized carbons (Fsp3) is 0.538. The standard InChI is InChI=1S/C52H74N2/c1-6-9-12-13-19-36-52(43-20-17-14-18-21-43,44-28-24-41(25-29-44)50(22-15-10-7-2)48-34-32-46(53)37-39(48)4)45-30-26-42(27-31-45)51(23-16-11-8-3)49-35-33-47(54)38-40(49)5/h24-35,37-38,43,50-51H,6-23,36,53-54H2,1-5H3. The van der Waals surface area contributed by atoms with Crippen molar-refractivity contribution in [3.8, 4) is 0 Å². The van der Waals surface area contributed by atoms with E-state index in [4.69, 9.17) is 11.5 Å². The number of hydrogen-bond donors (Lipinski definition) is 2. The molecule has 4 N–H and O–H groups in total. The number of aryl methyl sites for hydroxylation is 2. The van der Waals surface area contributed by atoms with Crippen molar-refractivity contribution in [1.82, 2.24) is 0 Å². The molecule has 0 heterocycles. The van der Waals surface area contributed by atoms with E-state index < -0.39 is 0 Å². The summed E-state index contributed by atoms with van der Waals surface area (Å²) < 4.78 is 0. The largest absolute Gasteiger partial charge is 0.399 e. The Balaban J connectivity index is 1.58. The molecule has 0 spiro atoms. The predicted octanol–water partition coefficient (Wildman–Crippen LogP) is 15.1. The number of nitrogens with two attached hydrogens (primary N) is 2. The lowest BCUT2D eigenvalue weighted by Gasteiger charge is -2.45. The Morgan fingerprint density at radius 2 is 0.944 bits per heavy atom. The van der Waals surface area contributed by atoms with Gasteiger partial charge in [0.2, 0.25) is 0 Å². The molecule has 0 amide bonds. The number of unbranched alkanes of at least 4 members (excludes halogenated alkanes) is 8. The predicted molar refractivity (Wildman–Crippen MR) is 237 cm³/mol. The highest BCUT2D eigenvalue weighted by Gasteiger charge is 2.42. The summed E-state index contributed by atoms with van der Waals surface area (Å²) in [7, 11) is 0. The van der Waals surface area contributed by atoms with E-state index in [9.17, 15) is 0 Å². The lowest BCUT2D eigenvalue weighted by atomic mass is 9.59. The van der Waals surface area contributed by atoms with Gasteiger partial charge in [-0.15, -0.1) is 0 Å². The SMILES string of the molecule is CCCCCCCC(c1ccc(C(CCCCC)c2ccc(N)cc2C)cc1)(c1ccc(C(CCCCC)c2ccc(N)cc2C)cc1)C1CCCCC1. The highest BCUT2D eigenvalue weighted by Crippen LogP contribution is 2.50. The topological polar surface area (TPSA) is 52.0 Å². The van der Waals surface area contributed by atoms with Gasteiger partial charge < -0.3 is 11.5 Å². The Morgan fingerprint density at radius 3 is 1.37 bits per heavy atom. The summed E-state index contributed by atoms with van der Waals surface area (Å²) in [6.45, 7) is 11.4. The van der Waals surface area contributed by atoms with Crippen molar-refractivity contribution >= 4 is 11.4 Å². The van der Waals surface area contributed by atoms with Crippen LogP contribution in [-0.4, -0.2) is 0 Å². The second-order valence-corrected chi connectivity index (χ2v) is 17.0. The molecule has 1 saturated carbocycles. The van der Waals surface area contributed by atoms with Crippen molar-refractivity contribution in [1.29, 1.82) is 0 Å². The highest BCUT2D eigenvalue weighted by molar-refractivity contribution is 5.51. The summed E-state index contributed by atoms with van der Waals surface area (Å²) >= 11 is 0. The third-order valence-corrected chi connectivity index (χ3v) is 13.2.